The van der Waals surface area contributed by atoms with Crippen molar-refractivity contribution in [3.05, 3.63) is 62.4 Å². The van der Waals surface area contributed by atoms with Gasteiger partial charge in [-0.15, -0.1) is 0 Å². The maximum absolute atomic E-state index is 12.7. The van der Waals surface area contributed by atoms with Crippen LogP contribution in [0, 0.1) is 0 Å². The molecule has 0 amide bonds. The molecule has 0 spiro atoms. The molecule has 1 aromatic carbocycles. The second kappa shape index (κ2) is 5.25. The lowest BCUT2D eigenvalue weighted by molar-refractivity contribution is 0.242. The summed E-state index contributed by atoms with van der Waals surface area (Å²) >= 11 is 12.5. The lowest BCUT2D eigenvalue weighted by Gasteiger charge is -2.17. The van der Waals surface area contributed by atoms with Crippen LogP contribution in [0.5, 0.6) is 5.88 Å². The fourth-order valence-corrected chi connectivity index (χ4v) is 3.34. The Labute approximate surface area is 142 Å². The summed E-state index contributed by atoms with van der Waals surface area (Å²) in [5, 5.41) is 1.38. The molecule has 3 aromatic rings. The van der Waals surface area contributed by atoms with Crippen molar-refractivity contribution in [2.45, 2.75) is 19.4 Å². The van der Waals surface area contributed by atoms with Crippen LogP contribution in [0.2, 0.25) is 10.0 Å². The SMILES string of the molecule is CC1Cc2c(n(-c3cccc(Cl)c3Cl)c3ncccc3c2=O)O1. The molecular formula is C17H12Cl2N2O2. The van der Waals surface area contributed by atoms with Gasteiger partial charge in [-0.05, 0) is 31.2 Å². The highest BCUT2D eigenvalue weighted by Crippen LogP contribution is 2.36. The van der Waals surface area contributed by atoms with Crippen LogP contribution < -0.4 is 10.2 Å². The van der Waals surface area contributed by atoms with Crippen LogP contribution >= 0.6 is 23.2 Å². The predicted molar refractivity (Wildman–Crippen MR) is 91.2 cm³/mol. The molecule has 0 aliphatic carbocycles. The van der Waals surface area contributed by atoms with E-state index in [4.69, 9.17) is 27.9 Å². The lowest BCUT2D eigenvalue weighted by atomic mass is 10.1. The van der Waals surface area contributed by atoms with Crippen LogP contribution in [0.25, 0.3) is 16.7 Å². The highest BCUT2D eigenvalue weighted by molar-refractivity contribution is 6.43. The van der Waals surface area contributed by atoms with Crippen LogP contribution in [-0.4, -0.2) is 15.7 Å². The van der Waals surface area contributed by atoms with E-state index in [1.165, 1.54) is 0 Å². The minimum atomic E-state index is -0.0706. The average Bonchev–Trinajstić information content (AvgIpc) is 2.93. The van der Waals surface area contributed by atoms with Crippen molar-refractivity contribution >= 4 is 34.2 Å². The summed E-state index contributed by atoms with van der Waals surface area (Å²) in [6.07, 6.45) is 2.14. The number of pyridine rings is 2. The van der Waals surface area contributed by atoms with E-state index in [1.54, 1.807) is 35.0 Å². The largest absolute Gasteiger partial charge is 0.475 e. The molecule has 0 saturated carbocycles. The second-order valence-corrected chi connectivity index (χ2v) is 6.31. The smallest absolute Gasteiger partial charge is 0.207 e. The Bertz CT molecular complexity index is 998. The zero-order valence-electron chi connectivity index (χ0n) is 12.2. The molecule has 2 aromatic heterocycles. The van der Waals surface area contributed by atoms with Crippen LogP contribution in [0.1, 0.15) is 12.5 Å². The number of nitrogens with zero attached hydrogens (tertiary/aromatic N) is 2. The number of fused-ring (bicyclic) bond motifs is 2. The van der Waals surface area contributed by atoms with E-state index in [-0.39, 0.29) is 11.5 Å². The van der Waals surface area contributed by atoms with Gasteiger partial charge in [-0.3, -0.25) is 9.36 Å². The van der Waals surface area contributed by atoms with Crippen molar-refractivity contribution in [1.29, 1.82) is 0 Å². The van der Waals surface area contributed by atoms with Gasteiger partial charge in [-0.2, -0.15) is 0 Å². The van der Waals surface area contributed by atoms with Gasteiger partial charge in [0, 0.05) is 12.6 Å². The Morgan fingerprint density at radius 2 is 2.09 bits per heavy atom. The van der Waals surface area contributed by atoms with Crippen molar-refractivity contribution in [3.8, 4) is 11.6 Å². The molecule has 0 N–H and O–H groups in total. The average molecular weight is 347 g/mol. The summed E-state index contributed by atoms with van der Waals surface area (Å²) in [6.45, 7) is 1.93. The molecule has 1 aliphatic rings. The summed E-state index contributed by atoms with van der Waals surface area (Å²) in [5.41, 5.74) is 1.76. The van der Waals surface area contributed by atoms with Gasteiger partial charge < -0.3 is 4.74 Å². The van der Waals surface area contributed by atoms with E-state index in [2.05, 4.69) is 4.98 Å². The zero-order chi connectivity index (χ0) is 16.1. The van der Waals surface area contributed by atoms with Crippen LogP contribution in [0.3, 0.4) is 0 Å². The van der Waals surface area contributed by atoms with E-state index in [0.29, 0.717) is 44.6 Å². The standard InChI is InChI=1S/C17H12Cl2N2O2/c1-9-8-11-15(22)10-4-3-7-20-16(10)21(17(11)23-9)13-6-2-5-12(18)14(13)19/h2-7,9H,8H2,1H3. The Kier molecular flexibility index (Phi) is 3.32. The lowest BCUT2D eigenvalue weighted by Crippen LogP contribution is -2.14. The van der Waals surface area contributed by atoms with Gasteiger partial charge in [0.1, 0.15) is 6.10 Å². The Hall–Kier alpha value is -2.04. The first-order valence-electron chi connectivity index (χ1n) is 7.21. The first kappa shape index (κ1) is 14.5. The zero-order valence-corrected chi connectivity index (χ0v) is 13.7. The molecule has 0 radical (unpaired) electrons. The van der Waals surface area contributed by atoms with Gasteiger partial charge in [0.05, 0.1) is 26.7 Å². The van der Waals surface area contributed by atoms with E-state index in [0.717, 1.165) is 0 Å². The summed E-state index contributed by atoms with van der Waals surface area (Å²) in [7, 11) is 0. The van der Waals surface area contributed by atoms with Crippen LogP contribution in [0.4, 0.5) is 0 Å². The van der Waals surface area contributed by atoms with Crippen molar-refractivity contribution < 1.29 is 4.74 Å². The second-order valence-electron chi connectivity index (χ2n) is 5.53. The minimum absolute atomic E-state index is 0.0400. The molecule has 1 aliphatic heterocycles. The first-order chi connectivity index (χ1) is 11.1. The molecule has 1 unspecified atom stereocenters. The number of hydrogen-bond acceptors (Lipinski definition) is 3. The molecular weight excluding hydrogens is 335 g/mol. The number of benzene rings is 1. The molecule has 0 fully saturated rings. The monoisotopic (exact) mass is 346 g/mol. The maximum Gasteiger partial charge on any atom is 0.207 e. The summed E-state index contributed by atoms with van der Waals surface area (Å²) in [5.74, 6) is 0.498. The van der Waals surface area contributed by atoms with Crippen molar-refractivity contribution in [2.24, 2.45) is 0 Å². The highest BCUT2D eigenvalue weighted by Gasteiger charge is 2.29. The molecule has 6 heteroatoms. The molecule has 116 valence electrons. The highest BCUT2D eigenvalue weighted by atomic mass is 35.5. The maximum atomic E-state index is 12.7. The molecule has 4 rings (SSSR count). The Morgan fingerprint density at radius 3 is 2.91 bits per heavy atom. The van der Waals surface area contributed by atoms with E-state index >= 15 is 0 Å². The van der Waals surface area contributed by atoms with E-state index in [1.807, 2.05) is 13.0 Å². The van der Waals surface area contributed by atoms with Gasteiger partial charge in [0.2, 0.25) is 5.88 Å². The normalized spacial score (nSPS) is 16.4. The minimum Gasteiger partial charge on any atom is -0.475 e. The summed E-state index contributed by atoms with van der Waals surface area (Å²) in [6, 6.07) is 8.87. The van der Waals surface area contributed by atoms with Crippen molar-refractivity contribution in [1.82, 2.24) is 9.55 Å². The van der Waals surface area contributed by atoms with Gasteiger partial charge in [0.15, 0.2) is 11.1 Å². The number of ether oxygens (including phenoxy) is 1. The fraction of sp³-hybridized carbons (Fsp3) is 0.176. The third-order valence-electron chi connectivity index (χ3n) is 3.95. The molecule has 4 nitrogen and oxygen atoms in total. The van der Waals surface area contributed by atoms with Gasteiger partial charge in [-0.25, -0.2) is 4.98 Å². The van der Waals surface area contributed by atoms with Crippen molar-refractivity contribution in [3.63, 3.8) is 0 Å². The van der Waals surface area contributed by atoms with Gasteiger partial charge in [0.25, 0.3) is 0 Å². The fourth-order valence-electron chi connectivity index (χ4n) is 2.96. The third-order valence-corrected chi connectivity index (χ3v) is 4.76. The molecule has 1 atom stereocenters. The summed E-state index contributed by atoms with van der Waals surface area (Å²) in [4.78, 5) is 17.1. The van der Waals surface area contributed by atoms with Gasteiger partial charge in [-0.1, -0.05) is 29.3 Å². The molecule has 23 heavy (non-hydrogen) atoms. The topological polar surface area (TPSA) is 44.1 Å². The van der Waals surface area contributed by atoms with Crippen molar-refractivity contribution in [2.75, 3.05) is 0 Å². The Balaban J connectivity index is 2.19. The Morgan fingerprint density at radius 1 is 1.26 bits per heavy atom. The third kappa shape index (κ3) is 2.13. The quantitative estimate of drug-likeness (QED) is 0.668. The van der Waals surface area contributed by atoms with E-state index in [9.17, 15) is 4.79 Å². The van der Waals surface area contributed by atoms with Gasteiger partial charge >= 0.3 is 0 Å². The predicted octanol–water partition coefficient (Wildman–Crippen LogP) is 4.02. The molecule has 3 heterocycles. The number of halogens is 2. The molecule has 0 bridgehead atoms. The number of rotatable bonds is 1. The van der Waals surface area contributed by atoms with E-state index < -0.39 is 0 Å². The first-order valence-corrected chi connectivity index (χ1v) is 7.97. The van der Waals surface area contributed by atoms with Crippen LogP contribution in [-0.2, 0) is 6.42 Å². The number of aromatic nitrogens is 2. The van der Waals surface area contributed by atoms with Crippen LogP contribution in [0.15, 0.2) is 41.3 Å². The summed E-state index contributed by atoms with van der Waals surface area (Å²) < 4.78 is 7.68. The number of hydrogen-bond donors (Lipinski definition) is 0. The molecule has 0 saturated heterocycles.